The van der Waals surface area contributed by atoms with Crippen molar-refractivity contribution >= 4 is 5.91 Å². The van der Waals surface area contributed by atoms with Gasteiger partial charge in [-0.25, -0.2) is 0 Å². The van der Waals surface area contributed by atoms with Crippen molar-refractivity contribution in [3.63, 3.8) is 0 Å². The molecule has 420 valence electrons. The zero-order valence-corrected chi connectivity index (χ0v) is 48.4. The lowest BCUT2D eigenvalue weighted by molar-refractivity contribution is -0.123. The topological polar surface area (TPSA) is 69.6 Å². The molecule has 0 aliphatic rings. The summed E-state index contributed by atoms with van der Waals surface area (Å²) in [6, 6.07) is -0.626. The van der Waals surface area contributed by atoms with Crippen LogP contribution in [0.1, 0.15) is 335 Å². The lowest BCUT2D eigenvalue weighted by Gasteiger charge is -2.20. The minimum atomic E-state index is -0.842. The van der Waals surface area contributed by atoms with Crippen LogP contribution in [-0.4, -0.2) is 34.9 Å². The number of rotatable bonds is 59. The van der Waals surface area contributed by atoms with Crippen molar-refractivity contribution in [2.75, 3.05) is 6.61 Å². The number of hydrogen-bond donors (Lipinski definition) is 3. The molecule has 0 aliphatic heterocycles. The fraction of sp³-hybridized carbons (Fsp3) is 0.809. The average Bonchev–Trinajstić information content (AvgIpc) is 3.39. The van der Waals surface area contributed by atoms with E-state index >= 15 is 0 Å². The Hall–Kier alpha value is -2.17. The SMILES string of the molecule is CC/C=C\C/C=C\C/C=C\C/C=C\C/C=C\CCCCCCCCCCCCCCCCCCCC(=O)NC(CO)C(O)/C=C/CCCCCCCCCCCCCCCCCCCCCCCCCCC. The Kier molecular flexibility index (Phi) is 61.2. The highest BCUT2D eigenvalue weighted by molar-refractivity contribution is 5.76. The standard InChI is InChI=1S/C68H125NO3/c1-3-5-7-9-11-13-15-17-19-21-23-25-27-29-31-32-33-34-35-36-38-40-42-44-46-48-50-52-54-56-58-60-62-64-68(72)69-66(65-70)67(71)63-61-59-57-55-53-51-49-47-45-43-41-39-37-30-28-26-24-22-20-18-16-14-12-10-8-6-4-2/h5,7,11,13,17,19,23,25,29,31,61,63,66-67,70-71H,3-4,6,8-10,12,14-16,18,20-22,24,26-28,30,32-60,62,64-65H2,1-2H3,(H,69,72)/b7-5-,13-11-,19-17-,25-23-,31-29-,63-61+. The van der Waals surface area contributed by atoms with Crippen LogP contribution < -0.4 is 5.32 Å². The van der Waals surface area contributed by atoms with Crippen LogP contribution in [0.25, 0.3) is 0 Å². The van der Waals surface area contributed by atoms with Gasteiger partial charge >= 0.3 is 0 Å². The average molecular weight is 1000 g/mol. The van der Waals surface area contributed by atoms with Gasteiger partial charge in [0.25, 0.3) is 0 Å². The molecule has 4 nitrogen and oxygen atoms in total. The third-order valence-corrected chi connectivity index (χ3v) is 14.7. The highest BCUT2D eigenvalue weighted by atomic mass is 16.3. The molecule has 0 saturated heterocycles. The van der Waals surface area contributed by atoms with Gasteiger partial charge in [0.15, 0.2) is 0 Å². The molecule has 0 bridgehead atoms. The fourth-order valence-corrected chi connectivity index (χ4v) is 9.86. The summed E-state index contributed by atoms with van der Waals surface area (Å²) in [5, 5.41) is 23.3. The van der Waals surface area contributed by atoms with E-state index in [2.05, 4.69) is 79.9 Å². The Morgan fingerprint density at radius 2 is 0.611 bits per heavy atom. The molecule has 0 rings (SSSR count). The van der Waals surface area contributed by atoms with E-state index < -0.39 is 12.1 Å². The van der Waals surface area contributed by atoms with Crippen LogP contribution in [0.2, 0.25) is 0 Å². The van der Waals surface area contributed by atoms with Gasteiger partial charge in [-0.3, -0.25) is 4.79 Å². The minimum Gasteiger partial charge on any atom is -0.394 e. The Morgan fingerprint density at radius 3 is 0.917 bits per heavy atom. The smallest absolute Gasteiger partial charge is 0.220 e. The lowest BCUT2D eigenvalue weighted by Crippen LogP contribution is -2.45. The molecular formula is C68H125NO3. The Balaban J connectivity index is 3.47. The summed E-state index contributed by atoms with van der Waals surface area (Å²) in [5.41, 5.74) is 0. The second-order valence-electron chi connectivity index (χ2n) is 21.8. The van der Waals surface area contributed by atoms with Gasteiger partial charge in [-0.15, -0.1) is 0 Å². The molecule has 0 heterocycles. The van der Waals surface area contributed by atoms with Crippen LogP contribution in [0.3, 0.4) is 0 Å². The number of aliphatic hydroxyl groups is 2. The first-order chi connectivity index (χ1) is 35.7. The number of unbranched alkanes of at least 4 members (excludes halogenated alkanes) is 42. The summed E-state index contributed by atoms with van der Waals surface area (Å²) < 4.78 is 0. The quantitative estimate of drug-likeness (QED) is 0.0420. The number of amides is 1. The van der Waals surface area contributed by atoms with Crippen molar-refractivity contribution in [1.82, 2.24) is 5.32 Å². The molecular weight excluding hydrogens is 879 g/mol. The molecule has 1 amide bonds. The second-order valence-corrected chi connectivity index (χ2v) is 21.8. The molecule has 0 spiro atoms. The van der Waals surface area contributed by atoms with Crippen LogP contribution in [0, 0.1) is 0 Å². The highest BCUT2D eigenvalue weighted by Crippen LogP contribution is 2.18. The second kappa shape index (κ2) is 63.1. The van der Waals surface area contributed by atoms with E-state index in [-0.39, 0.29) is 12.5 Å². The van der Waals surface area contributed by atoms with Crippen molar-refractivity contribution in [3.8, 4) is 0 Å². The zero-order chi connectivity index (χ0) is 52.0. The molecule has 72 heavy (non-hydrogen) atoms. The molecule has 4 heteroatoms. The summed E-state index contributed by atoms with van der Waals surface area (Å²) in [5.74, 6) is -0.0604. The lowest BCUT2D eigenvalue weighted by atomic mass is 10.0. The summed E-state index contributed by atoms with van der Waals surface area (Å²) in [6.45, 7) is 4.23. The first kappa shape index (κ1) is 69.8. The molecule has 0 saturated carbocycles. The van der Waals surface area contributed by atoms with Crippen LogP contribution in [0.4, 0.5) is 0 Å². The Morgan fingerprint density at radius 1 is 0.347 bits per heavy atom. The van der Waals surface area contributed by atoms with Crippen LogP contribution >= 0.6 is 0 Å². The first-order valence-electron chi connectivity index (χ1n) is 32.2. The summed E-state index contributed by atoms with van der Waals surface area (Å²) in [7, 11) is 0. The van der Waals surface area contributed by atoms with Crippen LogP contribution in [-0.2, 0) is 4.79 Å². The third-order valence-electron chi connectivity index (χ3n) is 14.7. The highest BCUT2D eigenvalue weighted by Gasteiger charge is 2.18. The molecule has 3 N–H and O–H groups in total. The zero-order valence-electron chi connectivity index (χ0n) is 48.4. The maximum absolute atomic E-state index is 12.5. The normalized spacial score (nSPS) is 13.2. The monoisotopic (exact) mass is 1000 g/mol. The Bertz CT molecular complexity index is 1230. The van der Waals surface area contributed by atoms with Crippen molar-refractivity contribution in [3.05, 3.63) is 72.9 Å². The predicted octanol–water partition coefficient (Wildman–Crippen LogP) is 21.7. The Labute approximate surface area is 450 Å². The molecule has 0 aromatic heterocycles. The van der Waals surface area contributed by atoms with Gasteiger partial charge in [0.05, 0.1) is 18.8 Å². The molecule has 0 radical (unpaired) electrons. The summed E-state index contributed by atoms with van der Waals surface area (Å²) in [6.07, 6.45) is 91.0. The van der Waals surface area contributed by atoms with E-state index in [1.165, 1.54) is 257 Å². The van der Waals surface area contributed by atoms with Crippen molar-refractivity contribution < 1.29 is 15.0 Å². The van der Waals surface area contributed by atoms with Gasteiger partial charge in [0.1, 0.15) is 0 Å². The fourth-order valence-electron chi connectivity index (χ4n) is 9.86. The van der Waals surface area contributed by atoms with Gasteiger partial charge in [-0.05, 0) is 64.2 Å². The largest absolute Gasteiger partial charge is 0.394 e. The van der Waals surface area contributed by atoms with E-state index in [0.29, 0.717) is 6.42 Å². The van der Waals surface area contributed by atoms with Crippen molar-refractivity contribution in [2.24, 2.45) is 0 Å². The maximum Gasteiger partial charge on any atom is 0.220 e. The predicted molar refractivity (Wildman–Crippen MR) is 322 cm³/mol. The summed E-state index contributed by atoms with van der Waals surface area (Å²) >= 11 is 0. The van der Waals surface area contributed by atoms with Crippen LogP contribution in [0.15, 0.2) is 72.9 Å². The molecule has 2 atom stereocenters. The molecule has 0 aliphatic carbocycles. The number of carbonyl (C=O) groups is 1. The molecule has 0 fully saturated rings. The number of nitrogens with one attached hydrogen (secondary N) is 1. The third kappa shape index (κ3) is 58.7. The van der Waals surface area contributed by atoms with Gasteiger partial charge < -0.3 is 15.5 Å². The molecule has 0 aromatic rings. The molecule has 2 unspecified atom stereocenters. The van der Waals surface area contributed by atoms with E-state index in [1.807, 2.05) is 6.08 Å². The van der Waals surface area contributed by atoms with Gasteiger partial charge in [-0.2, -0.15) is 0 Å². The van der Waals surface area contributed by atoms with Gasteiger partial charge in [-0.1, -0.05) is 337 Å². The van der Waals surface area contributed by atoms with E-state index in [0.717, 1.165) is 57.8 Å². The first-order valence-corrected chi connectivity index (χ1v) is 32.2. The van der Waals surface area contributed by atoms with E-state index in [9.17, 15) is 15.0 Å². The van der Waals surface area contributed by atoms with Crippen molar-refractivity contribution in [1.29, 1.82) is 0 Å². The minimum absolute atomic E-state index is 0.0604. The number of aliphatic hydroxyl groups excluding tert-OH is 2. The number of hydrogen-bond acceptors (Lipinski definition) is 3. The number of carbonyl (C=O) groups excluding carboxylic acids is 1. The van der Waals surface area contributed by atoms with Crippen molar-refractivity contribution in [2.45, 2.75) is 347 Å². The number of allylic oxidation sites excluding steroid dienone is 11. The van der Waals surface area contributed by atoms with E-state index in [4.69, 9.17) is 0 Å². The van der Waals surface area contributed by atoms with E-state index in [1.54, 1.807) is 6.08 Å². The molecule has 0 aromatic carbocycles. The maximum atomic E-state index is 12.5. The van der Waals surface area contributed by atoms with Gasteiger partial charge in [0.2, 0.25) is 5.91 Å². The van der Waals surface area contributed by atoms with Crippen LogP contribution in [0.5, 0.6) is 0 Å². The van der Waals surface area contributed by atoms with Gasteiger partial charge in [0, 0.05) is 6.42 Å². The summed E-state index contributed by atoms with van der Waals surface area (Å²) in [4.78, 5) is 12.5.